The third kappa shape index (κ3) is 5.05. The highest BCUT2D eigenvalue weighted by atomic mass is 19.4. The van der Waals surface area contributed by atoms with Gasteiger partial charge in [-0.15, -0.1) is 0 Å². The highest BCUT2D eigenvalue weighted by Crippen LogP contribution is 2.41. The minimum atomic E-state index is -5.63. The predicted molar refractivity (Wildman–Crippen MR) is 104 cm³/mol. The van der Waals surface area contributed by atoms with Gasteiger partial charge in [0.2, 0.25) is 0 Å². The van der Waals surface area contributed by atoms with Gasteiger partial charge in [0.25, 0.3) is 0 Å². The summed E-state index contributed by atoms with van der Waals surface area (Å²) < 4.78 is 124. The molecule has 15 heteroatoms. The second kappa shape index (κ2) is 9.86. The van der Waals surface area contributed by atoms with Gasteiger partial charge in [0.15, 0.2) is 0 Å². The van der Waals surface area contributed by atoms with Gasteiger partial charge in [0.1, 0.15) is 35.9 Å². The summed E-state index contributed by atoms with van der Waals surface area (Å²) >= 11 is 0. The van der Waals surface area contributed by atoms with Crippen molar-refractivity contribution in [3.63, 3.8) is 0 Å². The van der Waals surface area contributed by atoms with Crippen molar-refractivity contribution in [2.24, 2.45) is 0 Å². The molecule has 0 aliphatic carbocycles. The van der Waals surface area contributed by atoms with Crippen LogP contribution in [-0.2, 0) is 18.5 Å². The monoisotopic (exact) mass is 534 g/mol. The van der Waals surface area contributed by atoms with Crippen LogP contribution >= 0.6 is 0 Å². The number of alkyl halides is 9. The molecule has 0 radical (unpaired) electrons. The lowest BCUT2D eigenvalue weighted by Gasteiger charge is -2.17. The summed E-state index contributed by atoms with van der Waals surface area (Å²) in [6.07, 6.45) is -16.9. The zero-order valence-corrected chi connectivity index (χ0v) is 17.8. The van der Waals surface area contributed by atoms with Gasteiger partial charge in [-0.3, -0.25) is 0 Å². The Morgan fingerprint density at radius 2 is 1.05 bits per heavy atom. The molecular weight excluding hydrogens is 531 g/mol. The van der Waals surface area contributed by atoms with E-state index in [0.29, 0.717) is 0 Å². The Bertz CT molecular complexity index is 1680. The van der Waals surface area contributed by atoms with Crippen molar-refractivity contribution in [3.8, 4) is 36.4 Å². The summed E-state index contributed by atoms with van der Waals surface area (Å²) in [5, 5.41) is 52.9. The van der Waals surface area contributed by atoms with Crippen molar-refractivity contribution in [2.45, 2.75) is 18.5 Å². The third-order valence-electron chi connectivity index (χ3n) is 4.85. The Labute approximate surface area is 205 Å². The average molecular weight is 534 g/mol. The zero-order valence-electron chi connectivity index (χ0n) is 17.8. The van der Waals surface area contributed by atoms with E-state index in [1.807, 2.05) is 0 Å². The van der Waals surface area contributed by atoms with Crippen LogP contribution in [0.2, 0.25) is 0 Å². The van der Waals surface area contributed by atoms with Crippen LogP contribution in [0.3, 0.4) is 0 Å². The summed E-state index contributed by atoms with van der Waals surface area (Å²) in [7, 11) is 0. The predicted octanol–water partition coefficient (Wildman–Crippen LogP) is 4.28. The summed E-state index contributed by atoms with van der Waals surface area (Å²) in [5.74, 6) is 0. The van der Waals surface area contributed by atoms with Gasteiger partial charge in [-0.2, -0.15) is 71.1 Å². The molecule has 2 aromatic carbocycles. The highest BCUT2D eigenvalue weighted by molar-refractivity contribution is 5.81. The molecule has 0 atom stereocenters. The summed E-state index contributed by atoms with van der Waals surface area (Å²) in [4.78, 5) is 0. The van der Waals surface area contributed by atoms with Crippen molar-refractivity contribution in [2.75, 3.05) is 0 Å². The molecule has 0 unspecified atom stereocenters. The van der Waals surface area contributed by atoms with Crippen LogP contribution in [0, 0.1) is 68.0 Å². The van der Waals surface area contributed by atoms with Crippen LogP contribution in [0.5, 0.6) is 0 Å². The Kier molecular flexibility index (Phi) is 7.45. The molecule has 0 aliphatic rings. The molecule has 0 amide bonds. The maximum absolute atomic E-state index is 14.1. The molecule has 0 spiro atoms. The fraction of sp³-hybridized carbons (Fsp3) is 0.130. The molecule has 0 saturated heterocycles. The number of hydrogen-bond acceptors (Lipinski definition) is 6. The van der Waals surface area contributed by atoms with Crippen LogP contribution in [0.4, 0.5) is 39.5 Å². The Balaban J connectivity index is 3.49. The lowest BCUT2D eigenvalue weighted by molar-refractivity contribution is -0.143. The van der Waals surface area contributed by atoms with Crippen LogP contribution in [0.15, 0.2) is 18.2 Å². The molecule has 0 bridgehead atoms. The SMILES string of the molecule is N#CC(C#N)=c1c(C#N)c/c(=C(/C#N)c2cc(C(F)(F)F)c(C#N)c(C(F)(F)F)c2)c(C(F)(F)F)c1C#N. The average Bonchev–Trinajstić information content (AvgIpc) is 2.82. The number of nitrogens with zero attached hydrogens (tertiary/aromatic N) is 6. The van der Waals surface area contributed by atoms with Crippen LogP contribution in [-0.4, -0.2) is 0 Å². The third-order valence-corrected chi connectivity index (χ3v) is 4.85. The maximum Gasteiger partial charge on any atom is 0.418 e. The van der Waals surface area contributed by atoms with Crippen molar-refractivity contribution < 1.29 is 39.5 Å². The van der Waals surface area contributed by atoms with Crippen LogP contribution in [0.1, 0.15) is 38.9 Å². The lowest BCUT2D eigenvalue weighted by Crippen LogP contribution is -2.32. The van der Waals surface area contributed by atoms with Crippen molar-refractivity contribution >= 4 is 11.1 Å². The second-order valence-electron chi connectivity index (χ2n) is 6.96. The Morgan fingerprint density at radius 1 is 0.579 bits per heavy atom. The van der Waals surface area contributed by atoms with Gasteiger partial charge in [-0.05, 0) is 23.8 Å². The number of benzene rings is 2. The second-order valence-corrected chi connectivity index (χ2v) is 6.96. The molecule has 188 valence electrons. The molecule has 2 aromatic rings. The molecule has 6 nitrogen and oxygen atoms in total. The molecule has 0 N–H and O–H groups in total. The van der Waals surface area contributed by atoms with Crippen molar-refractivity contribution in [3.05, 3.63) is 67.6 Å². The zero-order chi connectivity index (χ0) is 29.2. The first-order valence-corrected chi connectivity index (χ1v) is 9.27. The lowest BCUT2D eigenvalue weighted by atomic mass is 9.89. The van der Waals surface area contributed by atoms with E-state index in [1.54, 1.807) is 0 Å². The van der Waals surface area contributed by atoms with E-state index >= 15 is 0 Å². The largest absolute Gasteiger partial charge is 0.418 e. The van der Waals surface area contributed by atoms with E-state index in [9.17, 15) is 55.3 Å². The van der Waals surface area contributed by atoms with Gasteiger partial charge in [-0.25, -0.2) is 0 Å². The van der Waals surface area contributed by atoms with Crippen LogP contribution in [0.25, 0.3) is 11.1 Å². The van der Waals surface area contributed by atoms with E-state index in [1.165, 1.54) is 18.2 Å². The Morgan fingerprint density at radius 3 is 1.37 bits per heavy atom. The van der Waals surface area contributed by atoms with E-state index in [4.69, 9.17) is 15.8 Å². The van der Waals surface area contributed by atoms with Gasteiger partial charge < -0.3 is 0 Å². The molecule has 0 aliphatic heterocycles. The van der Waals surface area contributed by atoms with Crippen LogP contribution < -0.4 is 10.4 Å². The summed E-state index contributed by atoms with van der Waals surface area (Å²) in [5.41, 5.74) is -14.9. The van der Waals surface area contributed by atoms with Gasteiger partial charge in [0, 0.05) is 10.4 Å². The maximum atomic E-state index is 14.1. The molecule has 0 aromatic heterocycles. The topological polar surface area (TPSA) is 143 Å². The first kappa shape index (κ1) is 28.7. The number of hydrogen-bond donors (Lipinski definition) is 0. The highest BCUT2D eigenvalue weighted by Gasteiger charge is 2.42. The normalized spacial score (nSPS) is 12.1. The fourth-order valence-electron chi connectivity index (χ4n) is 3.41. The molecule has 0 heterocycles. The molecule has 38 heavy (non-hydrogen) atoms. The van der Waals surface area contributed by atoms with Crippen molar-refractivity contribution in [1.29, 1.82) is 31.6 Å². The van der Waals surface area contributed by atoms with E-state index in [2.05, 4.69) is 0 Å². The minimum absolute atomic E-state index is 0.152. The standard InChI is InChI=1S/C23H3F9N6/c24-21(25,26)17-2-10(3-18(15(17)8-37)22(27,28)29)14(7-36)13-1-11(4-33)19(12(5-34)6-35)16(9-38)20(13)23(30,31)32/h1-3H/b14-13+. The first-order chi connectivity index (χ1) is 17.5. The first-order valence-electron chi connectivity index (χ1n) is 9.27. The van der Waals surface area contributed by atoms with Gasteiger partial charge >= 0.3 is 18.5 Å². The quantitative estimate of drug-likeness (QED) is 0.500. The van der Waals surface area contributed by atoms with E-state index in [0.717, 1.165) is 18.2 Å². The molecular formula is C23H3F9N6. The summed E-state index contributed by atoms with van der Waals surface area (Å²) in [6, 6.07) is 6.41. The van der Waals surface area contributed by atoms with Crippen molar-refractivity contribution in [1.82, 2.24) is 0 Å². The van der Waals surface area contributed by atoms with Gasteiger partial charge in [-0.1, -0.05) is 0 Å². The molecule has 0 fully saturated rings. The summed E-state index contributed by atoms with van der Waals surface area (Å²) in [6.45, 7) is 0. The molecule has 0 saturated carbocycles. The van der Waals surface area contributed by atoms with E-state index in [-0.39, 0.29) is 18.2 Å². The number of rotatable bonds is 1. The Hall–Kier alpha value is -5.51. The van der Waals surface area contributed by atoms with Gasteiger partial charge in [0.05, 0.1) is 45.0 Å². The minimum Gasteiger partial charge on any atom is -0.192 e. The number of nitriles is 6. The molecule has 2 rings (SSSR count). The fourth-order valence-corrected chi connectivity index (χ4v) is 3.41. The number of halogens is 9. The van der Waals surface area contributed by atoms with E-state index < -0.39 is 79.1 Å². The smallest absolute Gasteiger partial charge is 0.192 e.